The van der Waals surface area contributed by atoms with Crippen LogP contribution in [-0.2, 0) is 6.54 Å². The third-order valence-electron chi connectivity index (χ3n) is 5.09. The number of hydrogen-bond donors (Lipinski definition) is 0. The van der Waals surface area contributed by atoms with Gasteiger partial charge in [-0.2, -0.15) is 0 Å². The number of furan rings is 1. The monoisotopic (exact) mass is 368 g/mol. The number of likely N-dealkylation sites (N-methyl/N-ethyl adjacent to an activating group) is 1. The smallest absolute Gasteiger partial charge is 0.294 e. The fraction of sp³-hybridized carbons (Fsp3) is 0.286. The number of para-hydroxylation sites is 1. The summed E-state index contributed by atoms with van der Waals surface area (Å²) < 4.78 is 7.76. The average Bonchev–Trinajstić information content (AvgIpc) is 3.05. The van der Waals surface area contributed by atoms with E-state index in [-0.39, 0.29) is 5.56 Å². The summed E-state index contributed by atoms with van der Waals surface area (Å²) in [6, 6.07) is 13.5. The Morgan fingerprint density at radius 3 is 2.62 bits per heavy atom. The quantitative estimate of drug-likeness (QED) is 0.503. The van der Waals surface area contributed by atoms with E-state index in [9.17, 15) is 4.79 Å². The first kappa shape index (κ1) is 17.1. The van der Waals surface area contributed by atoms with Crippen molar-refractivity contribution in [2.45, 2.75) is 20.4 Å². The summed E-state index contributed by atoms with van der Waals surface area (Å²) in [5, 5.41) is 3.40. The molecule has 2 heterocycles. The molecule has 2 aromatic heterocycles. The van der Waals surface area contributed by atoms with Gasteiger partial charge in [0.1, 0.15) is 5.58 Å². The van der Waals surface area contributed by atoms with E-state index >= 15 is 0 Å². The first-order valence-electron chi connectivity index (χ1n) is 8.99. The Morgan fingerprint density at radius 1 is 1.08 bits per heavy atom. The number of nitrogens with zero attached hydrogens (tertiary/aromatic N) is 2. The predicted molar refractivity (Wildman–Crippen MR) is 108 cm³/mol. The number of fused-ring (bicyclic) bond motifs is 5. The van der Waals surface area contributed by atoms with Crippen LogP contribution < -0.4 is 5.56 Å². The molecule has 0 spiro atoms. The molecule has 4 rings (SSSR count). The van der Waals surface area contributed by atoms with Crippen molar-refractivity contribution in [3.63, 3.8) is 0 Å². The lowest BCUT2D eigenvalue weighted by molar-refractivity contribution is 0.291. The van der Waals surface area contributed by atoms with Crippen molar-refractivity contribution in [3.8, 4) is 0 Å². The Kier molecular flexibility index (Phi) is 4.47. The van der Waals surface area contributed by atoms with E-state index in [1.54, 1.807) is 0 Å². The van der Waals surface area contributed by atoms with E-state index in [1.807, 2.05) is 47.0 Å². The first-order chi connectivity index (χ1) is 12.6. The molecule has 5 heteroatoms. The molecule has 0 atom stereocenters. The van der Waals surface area contributed by atoms with E-state index < -0.39 is 0 Å². The molecule has 0 aliphatic heterocycles. The molecule has 0 bridgehead atoms. The van der Waals surface area contributed by atoms with E-state index in [0.29, 0.717) is 17.2 Å². The van der Waals surface area contributed by atoms with Gasteiger partial charge < -0.3 is 13.9 Å². The van der Waals surface area contributed by atoms with E-state index in [2.05, 4.69) is 18.7 Å². The van der Waals surface area contributed by atoms with Crippen LogP contribution in [0.5, 0.6) is 0 Å². The van der Waals surface area contributed by atoms with Crippen LogP contribution in [0.2, 0.25) is 5.02 Å². The topological polar surface area (TPSA) is 38.4 Å². The van der Waals surface area contributed by atoms with Gasteiger partial charge in [-0.05, 0) is 37.4 Å². The van der Waals surface area contributed by atoms with Gasteiger partial charge in [-0.15, -0.1) is 0 Å². The zero-order valence-electron chi connectivity index (χ0n) is 15.0. The maximum Gasteiger partial charge on any atom is 0.294 e. The lowest BCUT2D eigenvalue weighted by atomic mass is 10.1. The summed E-state index contributed by atoms with van der Waals surface area (Å²) in [6.07, 6.45) is 0. The molecule has 0 amide bonds. The van der Waals surface area contributed by atoms with Gasteiger partial charge in [0, 0.05) is 34.3 Å². The highest BCUT2D eigenvalue weighted by molar-refractivity contribution is 6.32. The number of halogens is 1. The van der Waals surface area contributed by atoms with Gasteiger partial charge in [0.05, 0.1) is 5.52 Å². The van der Waals surface area contributed by atoms with Crippen LogP contribution in [0.1, 0.15) is 13.8 Å². The molecular formula is C21H21ClN2O2. The summed E-state index contributed by atoms with van der Waals surface area (Å²) in [5.74, 6) is 0. The molecule has 0 aliphatic carbocycles. The van der Waals surface area contributed by atoms with Gasteiger partial charge in [-0.25, -0.2) is 0 Å². The molecule has 134 valence electrons. The van der Waals surface area contributed by atoms with Gasteiger partial charge in [-0.3, -0.25) is 4.79 Å². The number of aromatic nitrogens is 1. The normalized spacial score (nSPS) is 12.0. The average molecular weight is 369 g/mol. The van der Waals surface area contributed by atoms with Crippen molar-refractivity contribution in [1.29, 1.82) is 0 Å². The molecule has 0 aliphatic rings. The molecule has 0 saturated carbocycles. The minimum atomic E-state index is -0.0850. The minimum Gasteiger partial charge on any atom is -0.450 e. The molecular weight excluding hydrogens is 348 g/mol. The number of hydrogen-bond acceptors (Lipinski definition) is 3. The molecule has 26 heavy (non-hydrogen) atoms. The van der Waals surface area contributed by atoms with E-state index in [0.717, 1.165) is 46.9 Å². The van der Waals surface area contributed by atoms with Crippen molar-refractivity contribution < 1.29 is 4.42 Å². The maximum atomic E-state index is 13.2. The van der Waals surface area contributed by atoms with Gasteiger partial charge >= 0.3 is 0 Å². The van der Waals surface area contributed by atoms with Crippen molar-refractivity contribution in [2.24, 2.45) is 0 Å². The summed E-state index contributed by atoms with van der Waals surface area (Å²) >= 11 is 6.28. The Balaban J connectivity index is 2.03. The summed E-state index contributed by atoms with van der Waals surface area (Å²) in [5.41, 5.74) is 1.94. The van der Waals surface area contributed by atoms with Crippen LogP contribution in [0.3, 0.4) is 0 Å². The lowest BCUT2D eigenvalue weighted by Crippen LogP contribution is -2.31. The minimum absolute atomic E-state index is 0.0850. The largest absolute Gasteiger partial charge is 0.450 e. The lowest BCUT2D eigenvalue weighted by Gasteiger charge is -2.19. The van der Waals surface area contributed by atoms with Gasteiger partial charge in [0.15, 0.2) is 0 Å². The number of benzene rings is 2. The zero-order valence-corrected chi connectivity index (χ0v) is 15.7. The Labute approximate surface area is 156 Å². The fourth-order valence-electron chi connectivity index (χ4n) is 3.64. The third kappa shape index (κ3) is 2.70. The summed E-state index contributed by atoms with van der Waals surface area (Å²) in [7, 11) is 0. The van der Waals surface area contributed by atoms with Crippen LogP contribution in [-0.4, -0.2) is 29.1 Å². The molecule has 4 nitrogen and oxygen atoms in total. The standard InChI is InChI=1S/C21H21ClN2O2/c1-3-23(4-2)11-12-24-17-10-9-14(22)13-16(17)19-15-7-5-6-8-18(15)26-20(19)21(24)25/h5-10,13H,3-4,11-12H2,1-2H3. The van der Waals surface area contributed by atoms with Gasteiger partial charge in [0.25, 0.3) is 5.56 Å². The van der Waals surface area contributed by atoms with Gasteiger partial charge in [-0.1, -0.05) is 43.6 Å². The van der Waals surface area contributed by atoms with Crippen molar-refractivity contribution in [1.82, 2.24) is 9.47 Å². The fourth-order valence-corrected chi connectivity index (χ4v) is 3.81. The molecule has 2 aromatic carbocycles. The SMILES string of the molecule is CCN(CC)CCn1c(=O)c2oc3ccccc3c2c2cc(Cl)ccc21. The number of pyridine rings is 1. The zero-order chi connectivity index (χ0) is 18.3. The third-order valence-corrected chi connectivity index (χ3v) is 5.32. The summed E-state index contributed by atoms with van der Waals surface area (Å²) in [6.45, 7) is 7.62. The van der Waals surface area contributed by atoms with Crippen molar-refractivity contribution in [3.05, 3.63) is 57.8 Å². The highest BCUT2D eigenvalue weighted by Crippen LogP contribution is 2.33. The Bertz CT molecular complexity index is 1160. The summed E-state index contributed by atoms with van der Waals surface area (Å²) in [4.78, 5) is 15.5. The molecule has 0 saturated heterocycles. The molecule has 0 unspecified atom stereocenters. The van der Waals surface area contributed by atoms with Crippen LogP contribution in [0.4, 0.5) is 0 Å². The highest BCUT2D eigenvalue weighted by atomic mass is 35.5. The van der Waals surface area contributed by atoms with Crippen LogP contribution in [0.25, 0.3) is 32.8 Å². The molecule has 0 N–H and O–H groups in total. The van der Waals surface area contributed by atoms with E-state index in [1.165, 1.54) is 0 Å². The van der Waals surface area contributed by atoms with Crippen molar-refractivity contribution >= 4 is 44.4 Å². The number of rotatable bonds is 5. The molecule has 4 aromatic rings. The van der Waals surface area contributed by atoms with Crippen LogP contribution in [0, 0.1) is 0 Å². The first-order valence-corrected chi connectivity index (χ1v) is 9.37. The second-order valence-electron chi connectivity index (χ2n) is 6.45. The second kappa shape index (κ2) is 6.78. The van der Waals surface area contributed by atoms with E-state index in [4.69, 9.17) is 16.0 Å². The van der Waals surface area contributed by atoms with Crippen LogP contribution in [0.15, 0.2) is 51.7 Å². The molecule has 0 radical (unpaired) electrons. The van der Waals surface area contributed by atoms with Gasteiger partial charge in [0.2, 0.25) is 5.58 Å². The predicted octanol–water partition coefficient (Wildman–Crippen LogP) is 4.90. The second-order valence-corrected chi connectivity index (χ2v) is 6.88. The highest BCUT2D eigenvalue weighted by Gasteiger charge is 2.18. The van der Waals surface area contributed by atoms with Crippen molar-refractivity contribution in [2.75, 3.05) is 19.6 Å². The van der Waals surface area contributed by atoms with Crippen LogP contribution >= 0.6 is 11.6 Å². The Hall–Kier alpha value is -2.30. The molecule has 0 fully saturated rings. The Morgan fingerprint density at radius 2 is 1.85 bits per heavy atom. The maximum absolute atomic E-state index is 13.2.